The minimum atomic E-state index is 0.420. The zero-order valence-corrected chi connectivity index (χ0v) is 12.8. The summed E-state index contributed by atoms with van der Waals surface area (Å²) in [5.41, 5.74) is 2.60. The fourth-order valence-corrected chi connectivity index (χ4v) is 2.84. The third-order valence-electron chi connectivity index (χ3n) is 4.20. The molecule has 19 heavy (non-hydrogen) atoms. The molecule has 0 amide bonds. The average Bonchev–Trinajstić information content (AvgIpc) is 2.37. The molecule has 0 aromatic carbocycles. The van der Waals surface area contributed by atoms with E-state index in [1.54, 1.807) is 0 Å². The van der Waals surface area contributed by atoms with Gasteiger partial charge in [-0.05, 0) is 37.2 Å². The van der Waals surface area contributed by atoms with Crippen molar-refractivity contribution in [2.24, 2.45) is 5.41 Å². The third kappa shape index (κ3) is 3.92. The van der Waals surface area contributed by atoms with E-state index < -0.39 is 0 Å². The van der Waals surface area contributed by atoms with Gasteiger partial charge in [-0.15, -0.1) is 0 Å². The number of aromatic nitrogens is 2. The van der Waals surface area contributed by atoms with Gasteiger partial charge in [0.2, 0.25) is 5.95 Å². The standard InChI is InChI=1S/C16H27N3/c1-12(2)14-10-13(3)18-15(19-14)17-11-16(4)8-6-5-7-9-16/h10,12H,5-9,11H2,1-4H3,(H,17,18,19). The van der Waals surface area contributed by atoms with Gasteiger partial charge >= 0.3 is 0 Å². The summed E-state index contributed by atoms with van der Waals surface area (Å²) in [5, 5.41) is 3.47. The molecule has 3 heteroatoms. The maximum absolute atomic E-state index is 4.63. The molecule has 0 unspecified atom stereocenters. The Balaban J connectivity index is 2.02. The largest absolute Gasteiger partial charge is 0.354 e. The highest BCUT2D eigenvalue weighted by molar-refractivity contribution is 5.29. The van der Waals surface area contributed by atoms with Gasteiger partial charge < -0.3 is 5.32 Å². The lowest BCUT2D eigenvalue weighted by molar-refractivity contribution is 0.233. The van der Waals surface area contributed by atoms with Crippen molar-refractivity contribution >= 4 is 5.95 Å². The van der Waals surface area contributed by atoms with Crippen LogP contribution in [0.1, 0.15) is 70.2 Å². The van der Waals surface area contributed by atoms with E-state index in [9.17, 15) is 0 Å². The minimum absolute atomic E-state index is 0.420. The Morgan fingerprint density at radius 3 is 2.53 bits per heavy atom. The van der Waals surface area contributed by atoms with E-state index in [0.717, 1.165) is 23.9 Å². The van der Waals surface area contributed by atoms with Gasteiger partial charge in [0.05, 0.1) is 0 Å². The molecule has 1 heterocycles. The first kappa shape index (κ1) is 14.3. The van der Waals surface area contributed by atoms with Gasteiger partial charge in [-0.25, -0.2) is 9.97 Å². The Bertz CT molecular complexity index is 420. The van der Waals surface area contributed by atoms with Crippen molar-refractivity contribution in [3.05, 3.63) is 17.5 Å². The van der Waals surface area contributed by atoms with Crippen LogP contribution in [-0.2, 0) is 0 Å². The first-order valence-electron chi connectivity index (χ1n) is 7.58. The Morgan fingerprint density at radius 2 is 1.89 bits per heavy atom. The van der Waals surface area contributed by atoms with Crippen molar-refractivity contribution in [3.8, 4) is 0 Å². The van der Waals surface area contributed by atoms with Crippen LogP contribution in [0.4, 0.5) is 5.95 Å². The van der Waals surface area contributed by atoms with Gasteiger partial charge in [-0.2, -0.15) is 0 Å². The van der Waals surface area contributed by atoms with E-state index in [1.807, 2.05) is 6.92 Å². The summed E-state index contributed by atoms with van der Waals surface area (Å²) in [4.78, 5) is 9.14. The summed E-state index contributed by atoms with van der Waals surface area (Å²) in [6.07, 6.45) is 6.77. The lowest BCUT2D eigenvalue weighted by atomic mass is 9.76. The summed E-state index contributed by atoms with van der Waals surface area (Å²) < 4.78 is 0. The van der Waals surface area contributed by atoms with E-state index in [1.165, 1.54) is 32.1 Å². The Labute approximate surface area is 117 Å². The van der Waals surface area contributed by atoms with E-state index in [0.29, 0.717) is 11.3 Å². The summed E-state index contributed by atoms with van der Waals surface area (Å²) in [7, 11) is 0. The number of hydrogen-bond donors (Lipinski definition) is 1. The number of rotatable bonds is 4. The molecular weight excluding hydrogens is 234 g/mol. The molecule has 1 aromatic rings. The molecule has 0 atom stereocenters. The molecule has 0 saturated heterocycles. The second-order valence-electron chi connectivity index (χ2n) is 6.64. The topological polar surface area (TPSA) is 37.8 Å². The Morgan fingerprint density at radius 1 is 1.21 bits per heavy atom. The van der Waals surface area contributed by atoms with E-state index >= 15 is 0 Å². The minimum Gasteiger partial charge on any atom is -0.354 e. The lowest BCUT2D eigenvalue weighted by Crippen LogP contribution is -2.29. The summed E-state index contributed by atoms with van der Waals surface area (Å²) in [6, 6.07) is 2.08. The number of hydrogen-bond acceptors (Lipinski definition) is 3. The van der Waals surface area contributed by atoms with Gasteiger partial charge in [-0.1, -0.05) is 40.0 Å². The molecule has 0 spiro atoms. The molecule has 2 rings (SSSR count). The van der Waals surface area contributed by atoms with Crippen molar-refractivity contribution in [3.63, 3.8) is 0 Å². The number of aryl methyl sites for hydroxylation is 1. The van der Waals surface area contributed by atoms with Crippen molar-refractivity contribution in [1.29, 1.82) is 0 Å². The monoisotopic (exact) mass is 261 g/mol. The Kier molecular flexibility index (Phi) is 4.43. The molecule has 1 aromatic heterocycles. The van der Waals surface area contributed by atoms with Crippen LogP contribution >= 0.6 is 0 Å². The van der Waals surface area contributed by atoms with Crippen LogP contribution in [0.5, 0.6) is 0 Å². The zero-order chi connectivity index (χ0) is 13.9. The van der Waals surface area contributed by atoms with Crippen molar-refractivity contribution < 1.29 is 0 Å². The molecule has 0 bridgehead atoms. The highest BCUT2D eigenvalue weighted by Crippen LogP contribution is 2.35. The SMILES string of the molecule is Cc1cc(C(C)C)nc(NCC2(C)CCCCC2)n1. The molecule has 3 nitrogen and oxygen atoms in total. The van der Waals surface area contributed by atoms with Gasteiger partial charge in [0.15, 0.2) is 0 Å². The normalized spacial score (nSPS) is 18.6. The van der Waals surface area contributed by atoms with Crippen LogP contribution in [0.25, 0.3) is 0 Å². The Hall–Kier alpha value is -1.12. The van der Waals surface area contributed by atoms with Crippen LogP contribution in [0.15, 0.2) is 6.07 Å². The summed E-state index contributed by atoms with van der Waals surface area (Å²) >= 11 is 0. The van der Waals surface area contributed by atoms with Gasteiger partial charge in [0, 0.05) is 17.9 Å². The number of nitrogens with one attached hydrogen (secondary N) is 1. The van der Waals surface area contributed by atoms with Gasteiger partial charge in [0.25, 0.3) is 0 Å². The third-order valence-corrected chi connectivity index (χ3v) is 4.20. The molecule has 1 aliphatic rings. The maximum Gasteiger partial charge on any atom is 0.223 e. The van der Waals surface area contributed by atoms with Crippen LogP contribution in [-0.4, -0.2) is 16.5 Å². The summed E-state index contributed by atoms with van der Waals surface area (Å²) in [6.45, 7) is 9.77. The van der Waals surface area contributed by atoms with Crippen molar-refractivity contribution in [2.75, 3.05) is 11.9 Å². The summed E-state index contributed by atoms with van der Waals surface area (Å²) in [5.74, 6) is 1.25. The first-order chi connectivity index (χ1) is 8.98. The molecule has 106 valence electrons. The van der Waals surface area contributed by atoms with Crippen molar-refractivity contribution in [2.45, 2.75) is 65.7 Å². The zero-order valence-electron chi connectivity index (χ0n) is 12.8. The number of anilines is 1. The smallest absolute Gasteiger partial charge is 0.223 e. The quantitative estimate of drug-likeness (QED) is 0.878. The molecule has 0 aliphatic heterocycles. The molecule has 1 fully saturated rings. The fourth-order valence-electron chi connectivity index (χ4n) is 2.84. The van der Waals surface area contributed by atoms with Crippen LogP contribution in [0.2, 0.25) is 0 Å². The fraction of sp³-hybridized carbons (Fsp3) is 0.750. The highest BCUT2D eigenvalue weighted by atomic mass is 15.1. The van der Waals surface area contributed by atoms with E-state index in [-0.39, 0.29) is 0 Å². The van der Waals surface area contributed by atoms with Crippen LogP contribution in [0.3, 0.4) is 0 Å². The predicted molar refractivity (Wildman–Crippen MR) is 80.5 cm³/mol. The second-order valence-corrected chi connectivity index (χ2v) is 6.64. The maximum atomic E-state index is 4.63. The number of nitrogens with zero attached hydrogens (tertiary/aromatic N) is 2. The lowest BCUT2D eigenvalue weighted by Gasteiger charge is -2.33. The van der Waals surface area contributed by atoms with Crippen molar-refractivity contribution in [1.82, 2.24) is 9.97 Å². The molecular formula is C16H27N3. The van der Waals surface area contributed by atoms with Gasteiger partial charge in [0.1, 0.15) is 0 Å². The molecule has 1 saturated carbocycles. The van der Waals surface area contributed by atoms with Crippen LogP contribution < -0.4 is 5.32 Å². The first-order valence-corrected chi connectivity index (χ1v) is 7.58. The van der Waals surface area contributed by atoms with E-state index in [2.05, 4.69) is 42.1 Å². The predicted octanol–water partition coefficient (Wildman–Crippen LogP) is 4.29. The molecule has 0 radical (unpaired) electrons. The van der Waals surface area contributed by atoms with Crippen LogP contribution in [0, 0.1) is 12.3 Å². The van der Waals surface area contributed by atoms with Gasteiger partial charge in [-0.3, -0.25) is 0 Å². The molecule has 1 aliphatic carbocycles. The second kappa shape index (κ2) is 5.89. The highest BCUT2D eigenvalue weighted by Gasteiger charge is 2.26. The molecule has 1 N–H and O–H groups in total. The van der Waals surface area contributed by atoms with E-state index in [4.69, 9.17) is 0 Å². The average molecular weight is 261 g/mol.